The van der Waals surface area contributed by atoms with Gasteiger partial charge in [-0.25, -0.2) is 18.4 Å². The molecular weight excluding hydrogens is 402 g/mol. The summed E-state index contributed by atoms with van der Waals surface area (Å²) in [5, 5.41) is 4.30. The summed E-state index contributed by atoms with van der Waals surface area (Å²) < 4.78 is 36.3. The van der Waals surface area contributed by atoms with E-state index in [1.807, 2.05) is 30.9 Å². The van der Waals surface area contributed by atoms with Crippen molar-refractivity contribution < 1.29 is 13.2 Å². The number of hydrogen-bond donors (Lipinski definition) is 1. The van der Waals surface area contributed by atoms with Gasteiger partial charge >= 0.3 is 0 Å². The Morgan fingerprint density at radius 2 is 2.07 bits per heavy atom. The molecule has 8 nitrogen and oxygen atoms in total. The predicted molar refractivity (Wildman–Crippen MR) is 113 cm³/mol. The molecule has 1 N–H and O–H groups in total. The number of rotatable bonds is 6. The Kier molecular flexibility index (Phi) is 5.23. The summed E-state index contributed by atoms with van der Waals surface area (Å²) in [6, 6.07) is 8.45. The quantitative estimate of drug-likeness (QED) is 0.647. The highest BCUT2D eigenvalue weighted by Crippen LogP contribution is 2.45. The van der Waals surface area contributed by atoms with Crippen molar-refractivity contribution in [3.05, 3.63) is 60.3 Å². The zero-order valence-electron chi connectivity index (χ0n) is 17.2. The standard InChI is InChI=1S/C21H25N5O3S/c1-15-13-16(30(27,28)25-20-9-11-22-14-23-20)6-7-19(15)29-21(2)10-4-5-17(21)18-8-12-24-26(18)3/h6-9,11-14,17H,4-5,10H2,1-3H3,(H,22,23,25)/t17-,21-/m1/s1. The van der Waals surface area contributed by atoms with Crippen molar-refractivity contribution in [2.24, 2.45) is 7.05 Å². The molecule has 2 aromatic heterocycles. The minimum atomic E-state index is -3.75. The number of nitrogens with zero attached hydrogens (tertiary/aromatic N) is 4. The number of hydrogen-bond acceptors (Lipinski definition) is 6. The van der Waals surface area contributed by atoms with Crippen LogP contribution in [0.15, 0.2) is 53.9 Å². The Hall–Kier alpha value is -2.94. The van der Waals surface area contributed by atoms with Gasteiger partial charge < -0.3 is 4.74 Å². The Morgan fingerprint density at radius 1 is 1.23 bits per heavy atom. The van der Waals surface area contributed by atoms with Crippen molar-refractivity contribution in [3.63, 3.8) is 0 Å². The number of sulfonamides is 1. The van der Waals surface area contributed by atoms with E-state index in [1.54, 1.807) is 18.2 Å². The lowest BCUT2D eigenvalue weighted by Crippen LogP contribution is -2.36. The van der Waals surface area contributed by atoms with Crippen molar-refractivity contribution in [2.45, 2.75) is 49.5 Å². The van der Waals surface area contributed by atoms with Crippen LogP contribution in [0.4, 0.5) is 5.82 Å². The van der Waals surface area contributed by atoms with E-state index < -0.39 is 10.0 Å². The summed E-state index contributed by atoms with van der Waals surface area (Å²) in [6.45, 7) is 3.98. The number of nitrogens with one attached hydrogen (secondary N) is 1. The smallest absolute Gasteiger partial charge is 0.263 e. The van der Waals surface area contributed by atoms with E-state index in [-0.39, 0.29) is 22.2 Å². The molecule has 0 spiro atoms. The maximum atomic E-state index is 12.7. The van der Waals surface area contributed by atoms with Crippen LogP contribution in [0.1, 0.15) is 43.4 Å². The summed E-state index contributed by atoms with van der Waals surface area (Å²) in [5.74, 6) is 1.14. The maximum absolute atomic E-state index is 12.7. The molecule has 0 radical (unpaired) electrons. The van der Waals surface area contributed by atoms with Crippen LogP contribution < -0.4 is 9.46 Å². The summed E-state index contributed by atoms with van der Waals surface area (Å²) in [7, 11) is -1.81. The van der Waals surface area contributed by atoms with Crippen LogP contribution in [0, 0.1) is 6.92 Å². The Bertz CT molecular complexity index is 1150. The van der Waals surface area contributed by atoms with Crippen LogP contribution in [-0.4, -0.2) is 33.8 Å². The van der Waals surface area contributed by atoms with Crippen LogP contribution in [0.3, 0.4) is 0 Å². The van der Waals surface area contributed by atoms with Gasteiger partial charge in [0.25, 0.3) is 10.0 Å². The highest BCUT2D eigenvalue weighted by Gasteiger charge is 2.43. The average Bonchev–Trinajstić information content (AvgIpc) is 3.29. The largest absolute Gasteiger partial charge is 0.487 e. The first-order chi connectivity index (χ1) is 14.3. The first-order valence-electron chi connectivity index (χ1n) is 9.85. The second kappa shape index (κ2) is 7.71. The van der Waals surface area contributed by atoms with Gasteiger partial charge in [-0.3, -0.25) is 9.40 Å². The third-order valence-corrected chi connectivity index (χ3v) is 7.09. The zero-order chi connectivity index (χ0) is 21.4. The molecule has 1 fully saturated rings. The number of aromatic nitrogens is 4. The van der Waals surface area contributed by atoms with Gasteiger partial charge in [0, 0.05) is 31.1 Å². The van der Waals surface area contributed by atoms with Gasteiger partial charge in [-0.15, -0.1) is 0 Å². The summed E-state index contributed by atoms with van der Waals surface area (Å²) in [6.07, 6.45) is 7.61. The lowest BCUT2D eigenvalue weighted by Gasteiger charge is -2.33. The van der Waals surface area contributed by atoms with Gasteiger partial charge in [0.1, 0.15) is 23.5 Å². The third kappa shape index (κ3) is 3.89. The van der Waals surface area contributed by atoms with E-state index in [0.717, 1.165) is 30.5 Å². The molecule has 9 heteroatoms. The summed E-state index contributed by atoms with van der Waals surface area (Å²) in [4.78, 5) is 7.86. The molecule has 0 amide bonds. The Labute approximate surface area is 176 Å². The Morgan fingerprint density at radius 3 is 2.73 bits per heavy atom. The normalized spacial score (nSPS) is 21.5. The van der Waals surface area contributed by atoms with Gasteiger partial charge in [-0.05, 0) is 69.0 Å². The summed E-state index contributed by atoms with van der Waals surface area (Å²) in [5.41, 5.74) is 1.54. The predicted octanol–water partition coefficient (Wildman–Crippen LogP) is 3.42. The summed E-state index contributed by atoms with van der Waals surface area (Å²) >= 11 is 0. The molecule has 3 aromatic rings. The van der Waals surface area contributed by atoms with Crippen LogP contribution >= 0.6 is 0 Å². The van der Waals surface area contributed by atoms with Gasteiger partial charge in [0.05, 0.1) is 4.90 Å². The minimum Gasteiger partial charge on any atom is -0.487 e. The number of aryl methyl sites for hydroxylation is 2. The first-order valence-corrected chi connectivity index (χ1v) is 11.3. The molecule has 1 aliphatic carbocycles. The number of ether oxygens (including phenoxy) is 1. The topological polar surface area (TPSA) is 99.0 Å². The molecule has 4 rings (SSSR count). The fourth-order valence-corrected chi connectivity index (χ4v) is 5.24. The average molecular weight is 428 g/mol. The van der Waals surface area contributed by atoms with Crippen molar-refractivity contribution >= 4 is 15.8 Å². The molecule has 1 aromatic carbocycles. The highest BCUT2D eigenvalue weighted by atomic mass is 32.2. The van der Waals surface area contributed by atoms with Crippen LogP contribution in [-0.2, 0) is 17.1 Å². The van der Waals surface area contributed by atoms with Gasteiger partial charge in [0.15, 0.2) is 0 Å². The maximum Gasteiger partial charge on any atom is 0.263 e. The van der Waals surface area contributed by atoms with E-state index in [9.17, 15) is 8.42 Å². The molecule has 1 aliphatic rings. The highest BCUT2D eigenvalue weighted by molar-refractivity contribution is 7.92. The van der Waals surface area contributed by atoms with Crippen LogP contribution in [0.2, 0.25) is 0 Å². The molecule has 158 valence electrons. The number of benzene rings is 1. The van der Waals surface area contributed by atoms with Gasteiger partial charge in [-0.2, -0.15) is 5.10 Å². The van der Waals surface area contributed by atoms with Crippen molar-refractivity contribution in [1.29, 1.82) is 0 Å². The second-order valence-corrected chi connectivity index (χ2v) is 9.55. The van der Waals surface area contributed by atoms with E-state index in [4.69, 9.17) is 4.74 Å². The fourth-order valence-electron chi connectivity index (χ4n) is 4.15. The molecular formula is C21H25N5O3S. The minimum absolute atomic E-state index is 0.158. The lowest BCUT2D eigenvalue weighted by atomic mass is 9.89. The molecule has 0 unspecified atom stereocenters. The molecule has 2 atom stereocenters. The molecule has 0 bridgehead atoms. The zero-order valence-corrected chi connectivity index (χ0v) is 18.1. The van der Waals surface area contributed by atoms with Gasteiger partial charge in [-0.1, -0.05) is 0 Å². The first kappa shape index (κ1) is 20.3. The molecule has 0 saturated heterocycles. The van der Waals surface area contributed by atoms with Gasteiger partial charge in [0.2, 0.25) is 0 Å². The number of anilines is 1. The molecule has 1 saturated carbocycles. The second-order valence-electron chi connectivity index (χ2n) is 7.87. The van der Waals surface area contributed by atoms with Crippen LogP contribution in [0.5, 0.6) is 5.75 Å². The molecule has 2 heterocycles. The fraction of sp³-hybridized carbons (Fsp3) is 0.381. The molecule has 30 heavy (non-hydrogen) atoms. The van der Waals surface area contributed by atoms with E-state index in [1.165, 1.54) is 18.6 Å². The van der Waals surface area contributed by atoms with Crippen LogP contribution in [0.25, 0.3) is 0 Å². The Balaban J connectivity index is 1.57. The van der Waals surface area contributed by atoms with E-state index in [0.29, 0.717) is 5.75 Å². The van der Waals surface area contributed by atoms with Crippen molar-refractivity contribution in [3.8, 4) is 5.75 Å². The lowest BCUT2D eigenvalue weighted by molar-refractivity contribution is 0.0743. The van der Waals surface area contributed by atoms with Crippen molar-refractivity contribution in [1.82, 2.24) is 19.7 Å². The third-order valence-electron chi connectivity index (χ3n) is 5.74. The SMILES string of the molecule is Cc1cc(S(=O)(=O)Nc2ccncn2)ccc1O[C@]1(C)CCC[C@@H]1c1ccnn1C. The monoisotopic (exact) mass is 427 g/mol. The van der Waals surface area contributed by atoms with E-state index >= 15 is 0 Å². The molecule has 0 aliphatic heterocycles. The van der Waals surface area contributed by atoms with E-state index in [2.05, 4.69) is 26.7 Å². The van der Waals surface area contributed by atoms with Crippen molar-refractivity contribution in [2.75, 3.05) is 4.72 Å².